The second-order valence-electron chi connectivity index (χ2n) is 7.26. The SMILES string of the molecule is CC(=O)NCc1cccc(-n2nnc3cnc(Nc4cccc(S(=O)(=O)NCCO)c4)nc32)c1. The smallest absolute Gasteiger partial charge is 0.240 e. The topological polar surface area (TPSA) is 164 Å². The van der Waals surface area contributed by atoms with Gasteiger partial charge in [0.1, 0.15) is 0 Å². The number of rotatable bonds is 9. The summed E-state index contributed by atoms with van der Waals surface area (Å²) in [6.45, 7) is 1.45. The van der Waals surface area contributed by atoms with E-state index >= 15 is 0 Å². The molecular weight excluding hydrogens is 460 g/mol. The van der Waals surface area contributed by atoms with Crippen LogP contribution in [-0.4, -0.2) is 57.5 Å². The monoisotopic (exact) mass is 482 g/mol. The van der Waals surface area contributed by atoms with E-state index in [0.717, 1.165) is 5.56 Å². The number of hydrogen-bond donors (Lipinski definition) is 4. The average Bonchev–Trinajstić information content (AvgIpc) is 3.25. The zero-order valence-electron chi connectivity index (χ0n) is 18.1. The van der Waals surface area contributed by atoms with Crippen molar-refractivity contribution in [3.63, 3.8) is 0 Å². The van der Waals surface area contributed by atoms with Gasteiger partial charge < -0.3 is 15.7 Å². The summed E-state index contributed by atoms with van der Waals surface area (Å²) < 4.78 is 28.5. The molecule has 176 valence electrons. The first-order chi connectivity index (χ1) is 16.4. The van der Waals surface area contributed by atoms with Crippen molar-refractivity contribution in [2.45, 2.75) is 18.4 Å². The summed E-state index contributed by atoms with van der Waals surface area (Å²) in [5.74, 6) is 0.101. The number of anilines is 2. The van der Waals surface area contributed by atoms with Crippen molar-refractivity contribution in [1.29, 1.82) is 0 Å². The van der Waals surface area contributed by atoms with Gasteiger partial charge in [0, 0.05) is 25.7 Å². The van der Waals surface area contributed by atoms with E-state index in [-0.39, 0.29) is 29.9 Å². The molecule has 2 aromatic carbocycles. The Morgan fingerprint density at radius 1 is 1.15 bits per heavy atom. The molecule has 4 N–H and O–H groups in total. The van der Waals surface area contributed by atoms with Gasteiger partial charge in [0.25, 0.3) is 0 Å². The van der Waals surface area contributed by atoms with Crippen LogP contribution >= 0.6 is 0 Å². The second kappa shape index (κ2) is 9.91. The molecule has 1 amide bonds. The third kappa shape index (κ3) is 5.33. The number of aliphatic hydroxyl groups is 1. The molecule has 0 aliphatic carbocycles. The van der Waals surface area contributed by atoms with Crippen LogP contribution < -0.4 is 15.4 Å². The number of carbonyl (C=O) groups excluding carboxylic acids is 1. The van der Waals surface area contributed by atoms with E-state index in [9.17, 15) is 13.2 Å². The Balaban J connectivity index is 1.61. The molecule has 0 saturated heterocycles. The second-order valence-corrected chi connectivity index (χ2v) is 9.02. The number of nitrogens with one attached hydrogen (secondary N) is 3. The van der Waals surface area contributed by atoms with Crippen LogP contribution in [0.15, 0.2) is 59.6 Å². The fourth-order valence-corrected chi connectivity index (χ4v) is 4.19. The summed E-state index contributed by atoms with van der Waals surface area (Å²) in [5, 5.41) is 22.9. The maximum absolute atomic E-state index is 12.3. The van der Waals surface area contributed by atoms with Gasteiger partial charge in [-0.3, -0.25) is 4.79 Å². The van der Waals surface area contributed by atoms with Crippen LogP contribution in [0.5, 0.6) is 0 Å². The maximum atomic E-state index is 12.3. The van der Waals surface area contributed by atoms with Crippen molar-refractivity contribution in [1.82, 2.24) is 35.0 Å². The van der Waals surface area contributed by atoms with E-state index in [2.05, 4.69) is 35.6 Å². The number of fused-ring (bicyclic) bond motifs is 1. The van der Waals surface area contributed by atoms with E-state index < -0.39 is 10.0 Å². The fourth-order valence-electron chi connectivity index (χ4n) is 3.12. The zero-order chi connectivity index (χ0) is 24.1. The van der Waals surface area contributed by atoms with Crippen LogP contribution in [-0.2, 0) is 21.4 Å². The number of aliphatic hydroxyl groups excluding tert-OH is 1. The molecule has 0 fully saturated rings. The Bertz CT molecular complexity index is 1440. The lowest BCUT2D eigenvalue weighted by molar-refractivity contribution is -0.119. The lowest BCUT2D eigenvalue weighted by Gasteiger charge is -2.09. The van der Waals surface area contributed by atoms with Crippen molar-refractivity contribution in [2.75, 3.05) is 18.5 Å². The zero-order valence-corrected chi connectivity index (χ0v) is 19.0. The number of sulfonamides is 1. The van der Waals surface area contributed by atoms with Crippen LogP contribution in [0.4, 0.5) is 11.6 Å². The lowest BCUT2D eigenvalue weighted by Crippen LogP contribution is -2.26. The summed E-state index contributed by atoms with van der Waals surface area (Å²) in [7, 11) is -3.76. The molecule has 0 saturated carbocycles. The highest BCUT2D eigenvalue weighted by Crippen LogP contribution is 2.21. The van der Waals surface area contributed by atoms with Gasteiger partial charge in [-0.15, -0.1) is 5.10 Å². The van der Waals surface area contributed by atoms with Gasteiger partial charge in [0.15, 0.2) is 11.2 Å². The number of amides is 1. The van der Waals surface area contributed by atoms with Gasteiger partial charge in [-0.1, -0.05) is 23.4 Å². The van der Waals surface area contributed by atoms with E-state index in [1.807, 2.05) is 24.3 Å². The van der Waals surface area contributed by atoms with E-state index in [1.54, 1.807) is 16.8 Å². The minimum Gasteiger partial charge on any atom is -0.395 e. The summed E-state index contributed by atoms with van der Waals surface area (Å²) in [5.41, 5.74) is 2.97. The maximum Gasteiger partial charge on any atom is 0.240 e. The molecule has 4 rings (SSSR count). The van der Waals surface area contributed by atoms with Gasteiger partial charge >= 0.3 is 0 Å². The van der Waals surface area contributed by atoms with Gasteiger partial charge in [0.2, 0.25) is 21.9 Å². The minimum atomic E-state index is -3.76. The Morgan fingerprint density at radius 2 is 1.97 bits per heavy atom. The molecule has 0 unspecified atom stereocenters. The highest BCUT2D eigenvalue weighted by molar-refractivity contribution is 7.89. The Morgan fingerprint density at radius 3 is 2.76 bits per heavy atom. The number of nitrogens with zero attached hydrogens (tertiary/aromatic N) is 5. The summed E-state index contributed by atoms with van der Waals surface area (Å²) in [6.07, 6.45) is 1.51. The molecule has 34 heavy (non-hydrogen) atoms. The third-order valence-electron chi connectivity index (χ3n) is 4.69. The van der Waals surface area contributed by atoms with E-state index in [1.165, 1.54) is 25.3 Å². The van der Waals surface area contributed by atoms with Crippen molar-refractivity contribution in [2.24, 2.45) is 0 Å². The lowest BCUT2D eigenvalue weighted by atomic mass is 10.2. The van der Waals surface area contributed by atoms with Crippen LogP contribution in [0, 0.1) is 0 Å². The van der Waals surface area contributed by atoms with Crippen LogP contribution in [0.3, 0.4) is 0 Å². The Kier molecular flexibility index (Phi) is 6.77. The molecule has 0 atom stereocenters. The van der Waals surface area contributed by atoms with Crippen LogP contribution in [0.1, 0.15) is 12.5 Å². The number of benzene rings is 2. The standard InChI is InChI=1S/C21H22N8O4S/c1-14(31)22-12-15-4-2-6-17(10-15)29-20-19(27-28-29)13-23-21(26-20)25-16-5-3-7-18(11-16)34(32,33)24-8-9-30/h2-7,10-11,13,24,30H,8-9,12H2,1H3,(H,22,31)(H,23,25,26). The molecule has 2 heterocycles. The first-order valence-corrected chi connectivity index (χ1v) is 11.7. The molecule has 12 nitrogen and oxygen atoms in total. The summed E-state index contributed by atoms with van der Waals surface area (Å²) >= 11 is 0. The van der Waals surface area contributed by atoms with Gasteiger partial charge in [-0.2, -0.15) is 9.67 Å². The predicted octanol–water partition coefficient (Wildman–Crippen LogP) is 0.861. The minimum absolute atomic E-state index is 0.0368. The van der Waals surface area contributed by atoms with Crippen molar-refractivity contribution in [3.05, 3.63) is 60.3 Å². The highest BCUT2D eigenvalue weighted by Gasteiger charge is 2.15. The largest absolute Gasteiger partial charge is 0.395 e. The molecule has 0 radical (unpaired) electrons. The molecule has 13 heteroatoms. The molecule has 0 aliphatic heterocycles. The van der Waals surface area contributed by atoms with E-state index in [0.29, 0.717) is 29.1 Å². The Hall–Kier alpha value is -3.94. The third-order valence-corrected chi connectivity index (χ3v) is 6.15. The normalized spacial score (nSPS) is 11.5. The first-order valence-electron chi connectivity index (χ1n) is 10.3. The van der Waals surface area contributed by atoms with Gasteiger partial charge in [-0.05, 0) is 35.9 Å². The van der Waals surface area contributed by atoms with Crippen molar-refractivity contribution >= 4 is 38.7 Å². The molecule has 0 aliphatic rings. The van der Waals surface area contributed by atoms with Gasteiger partial charge in [0.05, 0.1) is 23.4 Å². The fraction of sp³-hybridized carbons (Fsp3) is 0.190. The molecule has 4 aromatic rings. The van der Waals surface area contributed by atoms with Crippen molar-refractivity contribution in [3.8, 4) is 5.69 Å². The molecular formula is C21H22N8O4S. The highest BCUT2D eigenvalue weighted by atomic mass is 32.2. The summed E-state index contributed by atoms with van der Waals surface area (Å²) in [4.78, 5) is 20.0. The van der Waals surface area contributed by atoms with E-state index in [4.69, 9.17) is 5.11 Å². The first kappa shape index (κ1) is 23.2. The molecule has 0 bridgehead atoms. The molecule has 0 spiro atoms. The van der Waals surface area contributed by atoms with Crippen LogP contribution in [0.2, 0.25) is 0 Å². The van der Waals surface area contributed by atoms with Crippen LogP contribution in [0.25, 0.3) is 16.9 Å². The molecule has 2 aromatic heterocycles. The van der Waals surface area contributed by atoms with Crippen molar-refractivity contribution < 1.29 is 18.3 Å². The number of hydrogen-bond acceptors (Lipinski definition) is 9. The number of carbonyl (C=O) groups is 1. The number of aromatic nitrogens is 5. The summed E-state index contributed by atoms with van der Waals surface area (Å²) in [6, 6.07) is 13.6. The Labute approximate surface area is 195 Å². The predicted molar refractivity (Wildman–Crippen MR) is 124 cm³/mol. The van der Waals surface area contributed by atoms with Gasteiger partial charge in [-0.25, -0.2) is 18.1 Å². The quantitative estimate of drug-likeness (QED) is 0.271. The average molecular weight is 483 g/mol.